The molecule has 8 aromatic rings. The largest absolute Gasteiger partial charge is 0.456 e. The smallest absolute Gasteiger partial charge is 0.135 e. The summed E-state index contributed by atoms with van der Waals surface area (Å²) in [6, 6.07) is 49.8. The minimum Gasteiger partial charge on any atom is -0.456 e. The van der Waals surface area contributed by atoms with Crippen molar-refractivity contribution in [1.29, 1.82) is 0 Å². The van der Waals surface area contributed by atoms with Crippen LogP contribution in [-0.2, 0) is 5.54 Å². The first-order chi connectivity index (χ1) is 21.0. The average Bonchev–Trinajstić information content (AvgIpc) is 3.57. The fourth-order valence-electron chi connectivity index (χ4n) is 6.58. The van der Waals surface area contributed by atoms with Crippen molar-refractivity contribution in [3.63, 3.8) is 0 Å². The van der Waals surface area contributed by atoms with Gasteiger partial charge in [0.05, 0.1) is 0 Å². The van der Waals surface area contributed by atoms with Gasteiger partial charge in [-0.05, 0) is 98.6 Å². The van der Waals surface area contributed by atoms with Crippen molar-refractivity contribution in [1.82, 2.24) is 4.57 Å². The molecule has 3 heteroatoms. The van der Waals surface area contributed by atoms with Gasteiger partial charge in [0.15, 0.2) is 0 Å². The maximum atomic E-state index is 6.14. The Morgan fingerprint density at radius 1 is 0.465 bits per heavy atom. The molecule has 0 aliphatic heterocycles. The van der Waals surface area contributed by atoms with Crippen molar-refractivity contribution in [3.8, 4) is 11.1 Å². The Morgan fingerprint density at radius 3 is 1.95 bits per heavy atom. The van der Waals surface area contributed by atoms with Gasteiger partial charge in [-0.2, -0.15) is 0 Å². The molecule has 3 nitrogen and oxygen atoms in total. The first-order valence-corrected chi connectivity index (χ1v) is 14.9. The summed E-state index contributed by atoms with van der Waals surface area (Å²) in [5.74, 6) is 0. The number of para-hydroxylation sites is 3. The topological polar surface area (TPSA) is 21.3 Å². The molecule has 0 fully saturated rings. The second kappa shape index (κ2) is 9.64. The zero-order chi connectivity index (χ0) is 29.1. The lowest BCUT2D eigenvalue weighted by Gasteiger charge is -2.26. The molecule has 43 heavy (non-hydrogen) atoms. The van der Waals surface area contributed by atoms with E-state index in [1.54, 1.807) is 0 Å². The number of nitrogens with zero attached hydrogens (tertiary/aromatic N) is 2. The van der Waals surface area contributed by atoms with Gasteiger partial charge in [0.25, 0.3) is 0 Å². The van der Waals surface area contributed by atoms with E-state index in [4.69, 9.17) is 4.42 Å². The molecule has 0 bridgehead atoms. The summed E-state index contributed by atoms with van der Waals surface area (Å²) in [4.78, 5) is 2.33. The Kier molecular flexibility index (Phi) is 5.70. The highest BCUT2D eigenvalue weighted by atomic mass is 16.3. The molecule has 0 radical (unpaired) electrons. The summed E-state index contributed by atoms with van der Waals surface area (Å²) in [6.07, 6.45) is 0. The van der Waals surface area contributed by atoms with Crippen LogP contribution < -0.4 is 4.90 Å². The molecule has 2 heterocycles. The normalized spacial score (nSPS) is 12.1. The predicted molar refractivity (Wildman–Crippen MR) is 182 cm³/mol. The second-order valence-electron chi connectivity index (χ2n) is 12.3. The van der Waals surface area contributed by atoms with Crippen molar-refractivity contribution < 1.29 is 4.42 Å². The van der Waals surface area contributed by atoms with Gasteiger partial charge in [-0.3, -0.25) is 0 Å². The zero-order valence-electron chi connectivity index (χ0n) is 24.6. The average molecular weight is 557 g/mol. The molecule has 8 rings (SSSR count). The van der Waals surface area contributed by atoms with Gasteiger partial charge in [-0.15, -0.1) is 0 Å². The van der Waals surface area contributed by atoms with Gasteiger partial charge in [0.1, 0.15) is 11.2 Å². The Labute approximate surface area is 251 Å². The maximum absolute atomic E-state index is 6.14. The van der Waals surface area contributed by atoms with Crippen molar-refractivity contribution in [2.75, 3.05) is 4.90 Å². The predicted octanol–water partition coefficient (Wildman–Crippen LogP) is 11.6. The monoisotopic (exact) mass is 556 g/mol. The molecule has 0 spiro atoms. The van der Waals surface area contributed by atoms with Gasteiger partial charge < -0.3 is 13.9 Å². The van der Waals surface area contributed by atoms with Crippen LogP contribution in [0.4, 0.5) is 17.1 Å². The number of anilines is 3. The van der Waals surface area contributed by atoms with Crippen LogP contribution in [0.15, 0.2) is 144 Å². The summed E-state index contributed by atoms with van der Waals surface area (Å²) in [5, 5.41) is 4.82. The van der Waals surface area contributed by atoms with Crippen LogP contribution in [0, 0.1) is 0 Å². The van der Waals surface area contributed by atoms with Crippen molar-refractivity contribution in [2.45, 2.75) is 26.3 Å². The van der Waals surface area contributed by atoms with Gasteiger partial charge >= 0.3 is 0 Å². The van der Waals surface area contributed by atoms with E-state index < -0.39 is 0 Å². The molecule has 0 atom stereocenters. The Morgan fingerprint density at radius 2 is 1.12 bits per heavy atom. The van der Waals surface area contributed by atoms with E-state index in [1.165, 1.54) is 32.9 Å². The number of hydrogen-bond acceptors (Lipinski definition) is 2. The molecule has 2 aromatic heterocycles. The maximum Gasteiger partial charge on any atom is 0.135 e. The van der Waals surface area contributed by atoms with E-state index in [2.05, 4.69) is 158 Å². The van der Waals surface area contributed by atoms with E-state index in [1.807, 2.05) is 12.1 Å². The second-order valence-corrected chi connectivity index (χ2v) is 12.3. The van der Waals surface area contributed by atoms with Crippen LogP contribution in [0.2, 0.25) is 0 Å². The van der Waals surface area contributed by atoms with Gasteiger partial charge in [0, 0.05) is 55.2 Å². The third kappa shape index (κ3) is 4.20. The molecule has 0 saturated heterocycles. The molecule has 0 saturated carbocycles. The zero-order valence-corrected chi connectivity index (χ0v) is 24.6. The number of benzene rings is 6. The number of hydrogen-bond donors (Lipinski definition) is 0. The summed E-state index contributed by atoms with van der Waals surface area (Å²) >= 11 is 0. The molecular formula is C40H32N2O. The van der Waals surface area contributed by atoms with E-state index in [-0.39, 0.29) is 5.54 Å². The quantitative estimate of drug-likeness (QED) is 0.215. The number of rotatable bonds is 4. The SMILES string of the molecule is CC(C)(C)n1c2ccccc2c2cc(-c3cccc(N(c4ccccc4)c4ccc5oc6ccccc6c5c4)c3)ccc21. The highest BCUT2D eigenvalue weighted by Gasteiger charge is 2.21. The van der Waals surface area contributed by atoms with Gasteiger partial charge in [-0.25, -0.2) is 0 Å². The number of fused-ring (bicyclic) bond motifs is 6. The van der Waals surface area contributed by atoms with Crippen molar-refractivity contribution >= 4 is 60.8 Å². The van der Waals surface area contributed by atoms with E-state index >= 15 is 0 Å². The third-order valence-corrected chi connectivity index (χ3v) is 8.41. The lowest BCUT2D eigenvalue weighted by Crippen LogP contribution is -2.21. The molecule has 0 unspecified atom stereocenters. The van der Waals surface area contributed by atoms with Gasteiger partial charge in [0.2, 0.25) is 0 Å². The van der Waals surface area contributed by atoms with Crippen LogP contribution in [-0.4, -0.2) is 4.57 Å². The van der Waals surface area contributed by atoms with Gasteiger partial charge in [-0.1, -0.05) is 72.8 Å². The fraction of sp³-hybridized carbons (Fsp3) is 0.100. The van der Waals surface area contributed by atoms with E-state index in [0.717, 1.165) is 39.0 Å². The van der Waals surface area contributed by atoms with Crippen molar-refractivity contribution in [3.05, 3.63) is 140 Å². The summed E-state index contributed by atoms with van der Waals surface area (Å²) in [7, 11) is 0. The molecule has 208 valence electrons. The molecular weight excluding hydrogens is 524 g/mol. The molecule has 0 amide bonds. The van der Waals surface area contributed by atoms with Crippen molar-refractivity contribution in [2.24, 2.45) is 0 Å². The summed E-state index contributed by atoms with van der Waals surface area (Å²) < 4.78 is 8.61. The molecule has 0 aliphatic rings. The number of aromatic nitrogens is 1. The highest BCUT2D eigenvalue weighted by Crippen LogP contribution is 2.41. The minimum atomic E-state index is -0.0274. The van der Waals surface area contributed by atoms with Crippen LogP contribution in [0.25, 0.3) is 54.9 Å². The molecule has 0 N–H and O–H groups in total. The number of furan rings is 1. The van der Waals surface area contributed by atoms with E-state index in [0.29, 0.717) is 0 Å². The Bertz CT molecular complexity index is 2280. The molecule has 6 aromatic carbocycles. The summed E-state index contributed by atoms with van der Waals surface area (Å²) in [6.45, 7) is 6.83. The van der Waals surface area contributed by atoms with Crippen LogP contribution in [0.1, 0.15) is 20.8 Å². The lowest BCUT2D eigenvalue weighted by atomic mass is 10.0. The Hall–Kier alpha value is -5.28. The minimum absolute atomic E-state index is 0.0274. The van der Waals surface area contributed by atoms with Crippen LogP contribution in [0.5, 0.6) is 0 Å². The highest BCUT2D eigenvalue weighted by molar-refractivity contribution is 6.10. The molecule has 0 aliphatic carbocycles. The van der Waals surface area contributed by atoms with Crippen LogP contribution in [0.3, 0.4) is 0 Å². The Balaban J connectivity index is 1.29. The van der Waals surface area contributed by atoms with E-state index in [9.17, 15) is 0 Å². The summed E-state index contributed by atoms with van der Waals surface area (Å²) in [5.41, 5.74) is 10.0. The lowest BCUT2D eigenvalue weighted by molar-refractivity contribution is 0.423. The first kappa shape index (κ1) is 25.4. The first-order valence-electron chi connectivity index (χ1n) is 14.9. The standard InChI is InChI=1S/C40H32N2O/c1-40(2,3)42-36-18-9-7-16-32(36)34-25-28(20-22-37(34)42)27-12-11-15-30(24-27)41(29-13-5-4-6-14-29)31-21-23-39-35(26-31)33-17-8-10-19-38(33)43-39/h4-26H,1-3H3. The van der Waals surface area contributed by atoms with Crippen LogP contribution >= 0.6 is 0 Å². The third-order valence-electron chi connectivity index (χ3n) is 8.41. The fourth-order valence-corrected chi connectivity index (χ4v) is 6.58.